The Bertz CT molecular complexity index is 478. The van der Waals surface area contributed by atoms with Crippen molar-refractivity contribution >= 4 is 23.2 Å². The van der Waals surface area contributed by atoms with Crippen molar-refractivity contribution in [2.45, 2.75) is 51.6 Å². The van der Waals surface area contributed by atoms with Gasteiger partial charge in [-0.05, 0) is 50.0 Å². The van der Waals surface area contributed by atoms with Crippen LogP contribution in [0.4, 0.5) is 0 Å². The van der Waals surface area contributed by atoms with E-state index in [1.54, 1.807) is 13.0 Å². The van der Waals surface area contributed by atoms with E-state index in [0.717, 1.165) is 18.8 Å². The van der Waals surface area contributed by atoms with Crippen molar-refractivity contribution in [3.8, 4) is 0 Å². The minimum absolute atomic E-state index is 0.000501. The SMILES string of the molecule is CC1CCC(N(C)C(=O)C(C)NC(=O)c2cccs2)CC1. The molecule has 1 fully saturated rings. The largest absolute Gasteiger partial charge is 0.341 e. The average Bonchev–Trinajstić information content (AvgIpc) is 3.00. The highest BCUT2D eigenvalue weighted by Crippen LogP contribution is 2.26. The van der Waals surface area contributed by atoms with Crippen molar-refractivity contribution < 1.29 is 9.59 Å². The molecule has 1 atom stereocenters. The van der Waals surface area contributed by atoms with Gasteiger partial charge < -0.3 is 10.2 Å². The van der Waals surface area contributed by atoms with E-state index in [0.29, 0.717) is 10.9 Å². The Morgan fingerprint density at radius 1 is 1.33 bits per heavy atom. The fraction of sp³-hybridized carbons (Fsp3) is 0.625. The molecule has 0 spiro atoms. The van der Waals surface area contributed by atoms with Crippen LogP contribution in [0.1, 0.15) is 49.2 Å². The number of nitrogens with zero attached hydrogens (tertiary/aromatic N) is 1. The molecule has 5 heteroatoms. The van der Waals surface area contributed by atoms with Crippen molar-refractivity contribution in [3.05, 3.63) is 22.4 Å². The van der Waals surface area contributed by atoms with Gasteiger partial charge in [0, 0.05) is 13.1 Å². The molecule has 0 radical (unpaired) electrons. The molecule has 116 valence electrons. The Balaban J connectivity index is 1.88. The van der Waals surface area contributed by atoms with Gasteiger partial charge in [0.05, 0.1) is 4.88 Å². The molecule has 1 unspecified atom stereocenters. The van der Waals surface area contributed by atoms with Crippen molar-refractivity contribution in [2.75, 3.05) is 7.05 Å². The van der Waals surface area contributed by atoms with E-state index in [1.807, 2.05) is 23.4 Å². The minimum Gasteiger partial charge on any atom is -0.341 e. The molecule has 0 aromatic carbocycles. The smallest absolute Gasteiger partial charge is 0.261 e. The molecule has 1 aliphatic rings. The summed E-state index contributed by atoms with van der Waals surface area (Å²) in [5.74, 6) is 0.594. The van der Waals surface area contributed by atoms with Crippen LogP contribution >= 0.6 is 11.3 Å². The van der Waals surface area contributed by atoms with E-state index >= 15 is 0 Å². The number of thiophene rings is 1. The van der Waals surface area contributed by atoms with Crippen LogP contribution in [0.25, 0.3) is 0 Å². The lowest BCUT2D eigenvalue weighted by Crippen LogP contribution is -2.49. The maximum atomic E-state index is 12.4. The molecule has 2 amide bonds. The quantitative estimate of drug-likeness (QED) is 0.930. The Morgan fingerprint density at radius 2 is 2.00 bits per heavy atom. The molecule has 2 rings (SSSR count). The standard InChI is InChI=1S/C16H24N2O2S/c1-11-6-8-13(9-7-11)18(3)16(20)12(2)17-15(19)14-5-4-10-21-14/h4-5,10-13H,6-9H2,1-3H3,(H,17,19). The number of carbonyl (C=O) groups excluding carboxylic acids is 2. The van der Waals surface area contributed by atoms with Gasteiger partial charge in [0.2, 0.25) is 5.91 Å². The summed E-state index contributed by atoms with van der Waals surface area (Å²) in [7, 11) is 1.86. The summed E-state index contributed by atoms with van der Waals surface area (Å²) in [4.78, 5) is 26.9. The zero-order chi connectivity index (χ0) is 15.4. The number of likely N-dealkylation sites (N-methyl/N-ethyl adjacent to an activating group) is 1. The van der Waals surface area contributed by atoms with Crippen LogP contribution in [0, 0.1) is 5.92 Å². The number of hydrogen-bond acceptors (Lipinski definition) is 3. The molecule has 1 aromatic rings. The third kappa shape index (κ3) is 4.06. The first-order valence-electron chi connectivity index (χ1n) is 7.60. The van der Waals surface area contributed by atoms with Gasteiger partial charge in [0.15, 0.2) is 0 Å². The molecule has 1 aliphatic carbocycles. The van der Waals surface area contributed by atoms with Gasteiger partial charge >= 0.3 is 0 Å². The average molecular weight is 308 g/mol. The molecule has 1 aromatic heterocycles. The van der Waals surface area contributed by atoms with E-state index < -0.39 is 6.04 Å². The third-order valence-electron chi connectivity index (χ3n) is 4.34. The van der Waals surface area contributed by atoms with Crippen LogP contribution in [0.2, 0.25) is 0 Å². The predicted octanol–water partition coefficient (Wildman–Crippen LogP) is 2.90. The van der Waals surface area contributed by atoms with Gasteiger partial charge in [0.1, 0.15) is 6.04 Å². The first-order valence-corrected chi connectivity index (χ1v) is 8.48. The molecule has 1 heterocycles. The van der Waals surface area contributed by atoms with Crippen LogP contribution < -0.4 is 5.32 Å². The number of amides is 2. The molecule has 1 saturated carbocycles. The molecular formula is C16H24N2O2S. The summed E-state index contributed by atoms with van der Waals surface area (Å²) in [6.45, 7) is 4.03. The van der Waals surface area contributed by atoms with Crippen LogP contribution in [0.5, 0.6) is 0 Å². The topological polar surface area (TPSA) is 49.4 Å². The summed E-state index contributed by atoms with van der Waals surface area (Å²) in [6, 6.07) is 3.43. The van der Waals surface area contributed by atoms with Gasteiger partial charge in [-0.2, -0.15) is 0 Å². The fourth-order valence-corrected chi connectivity index (χ4v) is 3.48. The zero-order valence-corrected chi connectivity index (χ0v) is 13.8. The second-order valence-electron chi connectivity index (χ2n) is 6.04. The molecule has 4 nitrogen and oxygen atoms in total. The van der Waals surface area contributed by atoms with E-state index in [4.69, 9.17) is 0 Å². The van der Waals surface area contributed by atoms with E-state index in [9.17, 15) is 9.59 Å². The lowest BCUT2D eigenvalue weighted by molar-refractivity contribution is -0.134. The van der Waals surface area contributed by atoms with Gasteiger partial charge in [-0.15, -0.1) is 11.3 Å². The molecule has 0 bridgehead atoms. The number of nitrogens with one attached hydrogen (secondary N) is 1. The van der Waals surface area contributed by atoms with Crippen LogP contribution in [-0.4, -0.2) is 35.8 Å². The van der Waals surface area contributed by atoms with E-state index in [2.05, 4.69) is 12.2 Å². The molecule has 0 aliphatic heterocycles. The second kappa shape index (κ2) is 7.07. The van der Waals surface area contributed by atoms with Crippen molar-refractivity contribution in [1.29, 1.82) is 0 Å². The van der Waals surface area contributed by atoms with Crippen molar-refractivity contribution in [2.24, 2.45) is 5.92 Å². The Hall–Kier alpha value is -1.36. The summed E-state index contributed by atoms with van der Waals surface area (Å²) < 4.78 is 0. The highest BCUT2D eigenvalue weighted by atomic mass is 32.1. The van der Waals surface area contributed by atoms with Crippen LogP contribution in [0.3, 0.4) is 0 Å². The maximum Gasteiger partial charge on any atom is 0.261 e. The Morgan fingerprint density at radius 3 is 2.57 bits per heavy atom. The highest BCUT2D eigenvalue weighted by molar-refractivity contribution is 7.12. The third-order valence-corrected chi connectivity index (χ3v) is 5.21. The first-order chi connectivity index (χ1) is 9.99. The fourth-order valence-electron chi connectivity index (χ4n) is 2.85. The van der Waals surface area contributed by atoms with Gasteiger partial charge in [-0.1, -0.05) is 13.0 Å². The van der Waals surface area contributed by atoms with E-state index in [-0.39, 0.29) is 11.8 Å². The summed E-state index contributed by atoms with van der Waals surface area (Å²) in [5.41, 5.74) is 0. The highest BCUT2D eigenvalue weighted by Gasteiger charge is 2.28. The number of hydrogen-bond donors (Lipinski definition) is 1. The predicted molar refractivity (Wildman–Crippen MR) is 85.4 cm³/mol. The maximum absolute atomic E-state index is 12.4. The normalized spacial score (nSPS) is 23.4. The molecule has 0 saturated heterocycles. The number of rotatable bonds is 4. The minimum atomic E-state index is -0.482. The Labute approximate surface area is 130 Å². The lowest BCUT2D eigenvalue weighted by Gasteiger charge is -2.35. The zero-order valence-electron chi connectivity index (χ0n) is 13.0. The van der Waals surface area contributed by atoms with Crippen LogP contribution in [0.15, 0.2) is 17.5 Å². The summed E-state index contributed by atoms with van der Waals surface area (Å²) >= 11 is 1.38. The molecule has 1 N–H and O–H groups in total. The lowest BCUT2D eigenvalue weighted by atomic mass is 9.86. The molecule has 21 heavy (non-hydrogen) atoms. The summed E-state index contributed by atoms with van der Waals surface area (Å²) in [5, 5.41) is 4.65. The Kier molecular flexibility index (Phi) is 5.39. The van der Waals surface area contributed by atoms with E-state index in [1.165, 1.54) is 24.2 Å². The van der Waals surface area contributed by atoms with Crippen molar-refractivity contribution in [3.63, 3.8) is 0 Å². The van der Waals surface area contributed by atoms with Gasteiger partial charge in [0.25, 0.3) is 5.91 Å². The first kappa shape index (κ1) is 16.0. The monoisotopic (exact) mass is 308 g/mol. The number of carbonyl (C=O) groups is 2. The van der Waals surface area contributed by atoms with Crippen LogP contribution in [-0.2, 0) is 4.79 Å². The van der Waals surface area contributed by atoms with Gasteiger partial charge in [-0.3, -0.25) is 9.59 Å². The summed E-state index contributed by atoms with van der Waals surface area (Å²) in [6.07, 6.45) is 4.49. The molecular weight excluding hydrogens is 284 g/mol. The van der Waals surface area contributed by atoms with Crippen molar-refractivity contribution in [1.82, 2.24) is 10.2 Å². The van der Waals surface area contributed by atoms with Gasteiger partial charge in [-0.25, -0.2) is 0 Å². The second-order valence-corrected chi connectivity index (χ2v) is 6.98.